The smallest absolute Gasteiger partial charge is 0.343 e. The summed E-state index contributed by atoms with van der Waals surface area (Å²) in [6.45, 7) is 15.1. The molecule has 0 unspecified atom stereocenters. The molecule has 8 nitrogen and oxygen atoms in total. The van der Waals surface area contributed by atoms with Gasteiger partial charge >= 0.3 is 11.9 Å². The molecule has 2 atom stereocenters. The van der Waals surface area contributed by atoms with E-state index in [-0.39, 0.29) is 51.7 Å². The number of ether oxygens (including phenoxy) is 2. The molecule has 0 aromatic heterocycles. The number of aliphatic hydroxyl groups is 2. The molecule has 2 aliphatic carbocycles. The third-order valence-electron chi connectivity index (χ3n) is 9.47. The zero-order valence-corrected chi connectivity index (χ0v) is 31.2. The van der Waals surface area contributed by atoms with E-state index in [1.54, 1.807) is 0 Å². The Labute approximate surface area is 302 Å². The Morgan fingerprint density at radius 3 is 1.18 bits per heavy atom. The monoisotopic (exact) mass is 715 g/mol. The van der Waals surface area contributed by atoms with Gasteiger partial charge in [-0.05, 0) is 140 Å². The van der Waals surface area contributed by atoms with Gasteiger partial charge in [0.05, 0.1) is 0 Å². The first-order chi connectivity index (χ1) is 22.8. The number of aryl methyl sites for hydroxylation is 6. The van der Waals surface area contributed by atoms with Gasteiger partial charge in [-0.15, -0.1) is 0 Å². The molecule has 0 saturated heterocycles. The number of rotatable bonds is 11. The molecule has 0 amide bonds. The Kier molecular flexibility index (Phi) is 14.4. The van der Waals surface area contributed by atoms with E-state index in [1.165, 1.54) is 26.3 Å². The van der Waals surface area contributed by atoms with Crippen LogP contribution >= 0.6 is 0 Å². The summed E-state index contributed by atoms with van der Waals surface area (Å²) in [5, 5.41) is 21.3. The van der Waals surface area contributed by atoms with Crippen LogP contribution in [0.15, 0.2) is 56.9 Å². The Morgan fingerprint density at radius 2 is 0.918 bits per heavy atom. The van der Waals surface area contributed by atoms with Crippen molar-refractivity contribution in [2.24, 2.45) is 9.98 Å². The molecule has 2 fully saturated rings. The Balaban J connectivity index is 0.00000650. The number of nitrogens with zero attached hydrogens (tertiary/aromatic N) is 2. The summed E-state index contributed by atoms with van der Waals surface area (Å²) < 4.78 is 11.5. The van der Waals surface area contributed by atoms with Gasteiger partial charge in [0.15, 0.2) is 0 Å². The average molecular weight is 716 g/mol. The van der Waals surface area contributed by atoms with Crippen LogP contribution in [0.4, 0.5) is 0 Å². The maximum absolute atomic E-state index is 13.3. The molecule has 2 aromatic carbocycles. The molecule has 0 bridgehead atoms. The maximum Gasteiger partial charge on any atom is 0.343 e. The van der Waals surface area contributed by atoms with Crippen LogP contribution in [0.1, 0.15) is 122 Å². The quantitative estimate of drug-likeness (QED) is 0.104. The SMILES string of the molecule is C/C(O)=C(/C=N[C@@H](c1c(C)cc(C)cc1C)[C@@H](N=C/C(C(=O)OC1CCCC1)=C(/C)O)c1c(C)cc(C)cc1C)C(=O)OC1CCCC1.[Co]. The topological polar surface area (TPSA) is 118 Å². The van der Waals surface area contributed by atoms with E-state index in [0.717, 1.165) is 95.9 Å². The fourth-order valence-corrected chi connectivity index (χ4v) is 7.28. The summed E-state index contributed by atoms with van der Waals surface area (Å²) in [6.07, 6.45) is 9.68. The normalized spacial score (nSPS) is 17.9. The second-order valence-electron chi connectivity index (χ2n) is 13.7. The van der Waals surface area contributed by atoms with Crippen molar-refractivity contribution in [2.45, 2.75) is 131 Å². The molecule has 267 valence electrons. The van der Waals surface area contributed by atoms with E-state index in [0.29, 0.717) is 0 Å². The van der Waals surface area contributed by atoms with Gasteiger partial charge in [-0.2, -0.15) is 0 Å². The molecule has 0 heterocycles. The van der Waals surface area contributed by atoms with Crippen LogP contribution in [0.2, 0.25) is 0 Å². The fraction of sp³-hybridized carbons (Fsp3) is 0.500. The van der Waals surface area contributed by atoms with Gasteiger partial charge in [-0.3, -0.25) is 9.98 Å². The second kappa shape index (κ2) is 17.8. The first kappa shape index (κ1) is 39.7. The van der Waals surface area contributed by atoms with Crippen molar-refractivity contribution in [2.75, 3.05) is 0 Å². The predicted octanol–water partition coefficient (Wildman–Crippen LogP) is 9.09. The van der Waals surface area contributed by atoms with Crippen molar-refractivity contribution >= 4 is 24.4 Å². The zero-order valence-electron chi connectivity index (χ0n) is 30.2. The van der Waals surface area contributed by atoms with Crippen LogP contribution in [0.25, 0.3) is 0 Å². The third-order valence-corrected chi connectivity index (χ3v) is 9.47. The molecule has 2 aliphatic rings. The van der Waals surface area contributed by atoms with Crippen LogP contribution < -0.4 is 0 Å². The van der Waals surface area contributed by atoms with Crippen molar-refractivity contribution in [3.05, 3.63) is 91.4 Å². The summed E-state index contributed by atoms with van der Waals surface area (Å²) >= 11 is 0. The number of carbonyl (C=O) groups is 2. The molecule has 2 saturated carbocycles. The molecular weight excluding hydrogens is 663 g/mol. The predicted molar refractivity (Wildman–Crippen MR) is 191 cm³/mol. The van der Waals surface area contributed by atoms with Crippen molar-refractivity contribution in [3.63, 3.8) is 0 Å². The van der Waals surface area contributed by atoms with Gasteiger partial charge in [0.25, 0.3) is 0 Å². The number of aliphatic imine (C=N–C) groups is 2. The molecule has 2 N–H and O–H groups in total. The summed E-state index contributed by atoms with van der Waals surface area (Å²) in [7, 11) is 0. The van der Waals surface area contributed by atoms with Gasteiger partial charge in [-0.25, -0.2) is 9.59 Å². The maximum atomic E-state index is 13.3. The van der Waals surface area contributed by atoms with Gasteiger partial charge in [0.1, 0.15) is 47.0 Å². The van der Waals surface area contributed by atoms with E-state index in [9.17, 15) is 19.8 Å². The Morgan fingerprint density at radius 1 is 0.633 bits per heavy atom. The number of aliphatic hydroxyl groups excluding tert-OH is 2. The van der Waals surface area contributed by atoms with E-state index in [2.05, 4.69) is 24.3 Å². The molecule has 0 aliphatic heterocycles. The fourth-order valence-electron chi connectivity index (χ4n) is 7.28. The molecule has 1 radical (unpaired) electrons. The molecule has 49 heavy (non-hydrogen) atoms. The zero-order chi connectivity index (χ0) is 35.1. The number of hydrogen-bond acceptors (Lipinski definition) is 8. The minimum Gasteiger partial charge on any atom is -0.512 e. The standard InChI is InChI=1S/C40H52N2O6.Co/c1-23-17-25(3)35(26(4)18-23)37(41-21-33(29(7)43)39(45)47-31-13-9-10-14-31)38(36-27(5)19-24(2)20-28(36)6)42-22-34(30(8)44)40(46)48-32-15-11-12-16-32;/h17-22,31-32,37-38,43-44H,9-16H2,1-8H3;/b33-29+,34-30+,41-21?,42-22?;/t37-,38-;/m0./s1. The number of benzene rings is 2. The Bertz CT molecular complexity index is 1470. The average Bonchev–Trinajstić information content (AvgIpc) is 3.69. The van der Waals surface area contributed by atoms with Crippen molar-refractivity contribution in [3.8, 4) is 0 Å². The minimum atomic E-state index is -0.679. The molecule has 4 rings (SSSR count). The second-order valence-corrected chi connectivity index (χ2v) is 13.7. The van der Waals surface area contributed by atoms with Gasteiger partial charge in [-0.1, -0.05) is 35.4 Å². The molecular formula is C40H52CoN2O6. The van der Waals surface area contributed by atoms with Gasteiger partial charge in [0, 0.05) is 29.2 Å². The van der Waals surface area contributed by atoms with Crippen LogP contribution in [-0.4, -0.2) is 46.8 Å². The summed E-state index contributed by atoms with van der Waals surface area (Å²) in [4.78, 5) is 36.7. The summed E-state index contributed by atoms with van der Waals surface area (Å²) in [6, 6.07) is 7.00. The molecule has 9 heteroatoms. The van der Waals surface area contributed by atoms with Gasteiger partial charge in [0.2, 0.25) is 0 Å². The van der Waals surface area contributed by atoms with Crippen LogP contribution in [0.3, 0.4) is 0 Å². The first-order valence-corrected chi connectivity index (χ1v) is 17.2. The van der Waals surface area contributed by atoms with Gasteiger partial charge < -0.3 is 19.7 Å². The largest absolute Gasteiger partial charge is 0.512 e. The van der Waals surface area contributed by atoms with Crippen molar-refractivity contribution < 1.29 is 46.1 Å². The third kappa shape index (κ3) is 10.2. The number of allylic oxidation sites excluding steroid dienone is 2. The Hall–Kier alpha value is -3.69. The van der Waals surface area contributed by atoms with Crippen molar-refractivity contribution in [1.29, 1.82) is 0 Å². The number of esters is 2. The van der Waals surface area contributed by atoms with E-state index >= 15 is 0 Å². The van der Waals surface area contributed by atoms with Crippen LogP contribution in [0, 0.1) is 41.5 Å². The molecule has 0 spiro atoms. The van der Waals surface area contributed by atoms with E-state index < -0.39 is 24.0 Å². The van der Waals surface area contributed by atoms with E-state index in [4.69, 9.17) is 19.5 Å². The van der Waals surface area contributed by atoms with Crippen LogP contribution in [0.5, 0.6) is 0 Å². The molecule has 2 aromatic rings. The van der Waals surface area contributed by atoms with E-state index in [1.807, 2.05) is 41.5 Å². The first-order valence-electron chi connectivity index (χ1n) is 17.2. The summed E-state index contributed by atoms with van der Waals surface area (Å²) in [5.74, 6) is -1.59. The minimum absolute atomic E-state index is 0. The van der Waals surface area contributed by atoms with Crippen molar-refractivity contribution in [1.82, 2.24) is 0 Å². The summed E-state index contributed by atoms with van der Waals surface area (Å²) in [5.41, 5.74) is 7.97. The number of hydrogen-bond donors (Lipinski definition) is 2. The van der Waals surface area contributed by atoms with Crippen LogP contribution in [-0.2, 0) is 35.8 Å². The number of carbonyl (C=O) groups excluding carboxylic acids is 2.